The standard InChI is InChI=1S/C11H16N2O2/c1-4-13-6-5-12-9(13)7-8(10(14)15)11(7,2)3/h5-8H,4H2,1-3H3,(H,14,15)/t7-,8-/m0/s1. The van der Waals surface area contributed by atoms with Gasteiger partial charge in [0.1, 0.15) is 5.82 Å². The van der Waals surface area contributed by atoms with Crippen molar-refractivity contribution < 1.29 is 9.90 Å². The maximum Gasteiger partial charge on any atom is 0.307 e. The van der Waals surface area contributed by atoms with Gasteiger partial charge >= 0.3 is 5.97 Å². The first-order chi connectivity index (χ1) is 7.00. The number of aryl methyl sites for hydroxylation is 1. The van der Waals surface area contributed by atoms with Crippen LogP contribution in [0.2, 0.25) is 0 Å². The van der Waals surface area contributed by atoms with Gasteiger partial charge in [0.05, 0.1) is 5.92 Å². The van der Waals surface area contributed by atoms with E-state index in [1.165, 1.54) is 0 Å². The van der Waals surface area contributed by atoms with Crippen molar-refractivity contribution in [2.45, 2.75) is 33.2 Å². The Labute approximate surface area is 88.9 Å². The summed E-state index contributed by atoms with van der Waals surface area (Å²) in [4.78, 5) is 15.3. The molecule has 1 fully saturated rings. The van der Waals surface area contributed by atoms with Gasteiger partial charge in [0.2, 0.25) is 0 Å². The second-order valence-corrected chi connectivity index (χ2v) is 4.69. The van der Waals surface area contributed by atoms with Gasteiger partial charge in [0.25, 0.3) is 0 Å². The molecule has 1 heterocycles. The Hall–Kier alpha value is -1.32. The van der Waals surface area contributed by atoms with Gasteiger partial charge in [-0.1, -0.05) is 13.8 Å². The molecular weight excluding hydrogens is 192 g/mol. The van der Waals surface area contributed by atoms with Gasteiger partial charge in [-0.2, -0.15) is 0 Å². The van der Waals surface area contributed by atoms with Crippen molar-refractivity contribution in [3.05, 3.63) is 18.2 Å². The molecule has 2 rings (SSSR count). The molecule has 0 radical (unpaired) electrons. The Kier molecular flexibility index (Phi) is 2.10. The maximum atomic E-state index is 11.0. The van der Waals surface area contributed by atoms with E-state index in [-0.39, 0.29) is 17.3 Å². The topological polar surface area (TPSA) is 55.1 Å². The fourth-order valence-electron chi connectivity index (χ4n) is 2.45. The second-order valence-electron chi connectivity index (χ2n) is 4.69. The minimum Gasteiger partial charge on any atom is -0.481 e. The summed E-state index contributed by atoms with van der Waals surface area (Å²) in [5, 5.41) is 9.08. The van der Waals surface area contributed by atoms with E-state index >= 15 is 0 Å². The minimum absolute atomic E-state index is 0.0601. The van der Waals surface area contributed by atoms with Gasteiger partial charge < -0.3 is 9.67 Å². The third-order valence-electron chi connectivity index (χ3n) is 3.46. The number of carbonyl (C=O) groups is 1. The van der Waals surface area contributed by atoms with Crippen LogP contribution >= 0.6 is 0 Å². The van der Waals surface area contributed by atoms with Crippen LogP contribution in [0.25, 0.3) is 0 Å². The average Bonchev–Trinajstić information content (AvgIpc) is 2.58. The molecule has 1 aliphatic carbocycles. The van der Waals surface area contributed by atoms with Gasteiger partial charge in [0, 0.05) is 24.9 Å². The maximum absolute atomic E-state index is 11.0. The zero-order chi connectivity index (χ0) is 11.2. The number of carboxylic acids is 1. The lowest BCUT2D eigenvalue weighted by atomic mass is 10.1. The van der Waals surface area contributed by atoms with Gasteiger partial charge in [-0.15, -0.1) is 0 Å². The predicted molar refractivity (Wildman–Crippen MR) is 55.5 cm³/mol. The van der Waals surface area contributed by atoms with Gasteiger partial charge in [0.15, 0.2) is 0 Å². The lowest BCUT2D eigenvalue weighted by Gasteiger charge is -2.04. The van der Waals surface area contributed by atoms with Gasteiger partial charge in [-0.05, 0) is 12.3 Å². The van der Waals surface area contributed by atoms with E-state index in [4.69, 9.17) is 5.11 Å². The summed E-state index contributed by atoms with van der Waals surface area (Å²) in [7, 11) is 0. The van der Waals surface area contributed by atoms with Crippen LogP contribution in [-0.2, 0) is 11.3 Å². The number of nitrogens with zero attached hydrogens (tertiary/aromatic N) is 2. The fourth-order valence-corrected chi connectivity index (χ4v) is 2.45. The summed E-state index contributed by atoms with van der Waals surface area (Å²) in [6.45, 7) is 6.86. The number of hydrogen-bond acceptors (Lipinski definition) is 2. The molecule has 0 saturated heterocycles. The third-order valence-corrected chi connectivity index (χ3v) is 3.46. The normalized spacial score (nSPS) is 27.7. The van der Waals surface area contributed by atoms with E-state index in [1.807, 2.05) is 31.5 Å². The van der Waals surface area contributed by atoms with Crippen molar-refractivity contribution in [1.29, 1.82) is 0 Å². The van der Waals surface area contributed by atoms with Crippen molar-refractivity contribution >= 4 is 5.97 Å². The van der Waals surface area contributed by atoms with Crippen molar-refractivity contribution in [3.8, 4) is 0 Å². The van der Waals surface area contributed by atoms with Crippen LogP contribution in [0.5, 0.6) is 0 Å². The largest absolute Gasteiger partial charge is 0.481 e. The summed E-state index contributed by atoms with van der Waals surface area (Å²) in [5.74, 6) is -0.0271. The quantitative estimate of drug-likeness (QED) is 0.823. The van der Waals surface area contributed by atoms with Crippen molar-refractivity contribution in [3.63, 3.8) is 0 Å². The lowest BCUT2D eigenvalue weighted by molar-refractivity contribution is -0.139. The van der Waals surface area contributed by atoms with Crippen molar-refractivity contribution in [2.24, 2.45) is 11.3 Å². The molecule has 2 atom stereocenters. The molecule has 15 heavy (non-hydrogen) atoms. The molecule has 1 saturated carbocycles. The minimum atomic E-state index is -0.712. The molecule has 0 unspecified atom stereocenters. The van der Waals surface area contributed by atoms with Gasteiger partial charge in [-0.25, -0.2) is 4.98 Å². The van der Waals surface area contributed by atoms with Crippen molar-refractivity contribution in [1.82, 2.24) is 9.55 Å². The average molecular weight is 208 g/mol. The van der Waals surface area contributed by atoms with Crippen LogP contribution in [-0.4, -0.2) is 20.6 Å². The summed E-state index contributed by atoms with van der Waals surface area (Å²) in [6, 6.07) is 0. The number of aliphatic carboxylic acids is 1. The number of aromatic nitrogens is 2. The SMILES string of the molecule is CCn1ccnc1[C@@H]1[C@@H](C(=O)O)C1(C)C. The van der Waals surface area contributed by atoms with E-state index < -0.39 is 5.97 Å². The highest BCUT2D eigenvalue weighted by molar-refractivity contribution is 5.77. The molecule has 1 N–H and O–H groups in total. The van der Waals surface area contributed by atoms with E-state index in [0.29, 0.717) is 0 Å². The van der Waals surface area contributed by atoms with Crippen LogP contribution in [0.4, 0.5) is 0 Å². The zero-order valence-electron chi connectivity index (χ0n) is 9.27. The van der Waals surface area contributed by atoms with E-state index in [2.05, 4.69) is 4.98 Å². The highest BCUT2D eigenvalue weighted by Crippen LogP contribution is 2.63. The molecular formula is C11H16N2O2. The van der Waals surface area contributed by atoms with Crippen LogP contribution < -0.4 is 0 Å². The zero-order valence-corrected chi connectivity index (χ0v) is 9.27. The Morgan fingerprint density at radius 2 is 2.33 bits per heavy atom. The number of carboxylic acid groups (broad SMARTS) is 1. The summed E-state index contributed by atoms with van der Waals surface area (Å²) in [5.41, 5.74) is -0.163. The number of hydrogen-bond donors (Lipinski definition) is 1. The highest BCUT2D eigenvalue weighted by atomic mass is 16.4. The number of rotatable bonds is 3. The molecule has 4 nitrogen and oxygen atoms in total. The third kappa shape index (κ3) is 1.35. The van der Waals surface area contributed by atoms with Crippen molar-refractivity contribution in [2.75, 3.05) is 0 Å². The second kappa shape index (κ2) is 3.08. The smallest absolute Gasteiger partial charge is 0.307 e. The molecule has 1 aromatic heterocycles. The molecule has 1 aromatic rings. The molecule has 0 amide bonds. The summed E-state index contributed by atoms with van der Waals surface area (Å²) >= 11 is 0. The van der Waals surface area contributed by atoms with Crippen LogP contribution in [0.15, 0.2) is 12.4 Å². The molecule has 0 spiro atoms. The van der Waals surface area contributed by atoms with Crippen LogP contribution in [0.3, 0.4) is 0 Å². The monoisotopic (exact) mass is 208 g/mol. The van der Waals surface area contributed by atoms with Crippen LogP contribution in [0, 0.1) is 11.3 Å². The molecule has 1 aliphatic rings. The Morgan fingerprint density at radius 3 is 2.80 bits per heavy atom. The molecule has 4 heteroatoms. The summed E-state index contributed by atoms with van der Waals surface area (Å²) in [6.07, 6.45) is 3.65. The Bertz CT molecular complexity index is 395. The molecule has 0 aliphatic heterocycles. The fraction of sp³-hybridized carbons (Fsp3) is 0.636. The van der Waals surface area contributed by atoms with Crippen LogP contribution in [0.1, 0.15) is 32.5 Å². The van der Waals surface area contributed by atoms with E-state index in [0.717, 1.165) is 12.4 Å². The first kappa shape index (κ1) is 10.2. The first-order valence-electron chi connectivity index (χ1n) is 5.24. The lowest BCUT2D eigenvalue weighted by Crippen LogP contribution is -2.04. The van der Waals surface area contributed by atoms with E-state index in [1.54, 1.807) is 6.20 Å². The summed E-state index contributed by atoms with van der Waals surface area (Å²) < 4.78 is 2.02. The van der Waals surface area contributed by atoms with E-state index in [9.17, 15) is 4.79 Å². The molecule has 0 bridgehead atoms. The predicted octanol–water partition coefficient (Wildman–Crippen LogP) is 1.73. The molecule has 82 valence electrons. The molecule has 0 aromatic carbocycles. The first-order valence-corrected chi connectivity index (χ1v) is 5.24. The highest BCUT2D eigenvalue weighted by Gasteiger charge is 2.64. The Balaban J connectivity index is 2.31. The van der Waals surface area contributed by atoms with Gasteiger partial charge in [-0.3, -0.25) is 4.79 Å². The number of imidazole rings is 1. The Morgan fingerprint density at radius 1 is 1.67 bits per heavy atom.